The van der Waals surface area contributed by atoms with Crippen molar-refractivity contribution in [1.29, 1.82) is 0 Å². The van der Waals surface area contributed by atoms with Gasteiger partial charge in [-0.05, 0) is 34.1 Å². The van der Waals surface area contributed by atoms with Crippen LogP contribution in [0.25, 0.3) is 5.65 Å². The summed E-state index contributed by atoms with van der Waals surface area (Å²) in [4.78, 5) is 4.31. The molecule has 19 heavy (non-hydrogen) atoms. The number of hydrogen-bond acceptors (Lipinski definition) is 3. The largest absolute Gasteiger partial charge is 0.486 e. The summed E-state index contributed by atoms with van der Waals surface area (Å²) in [7, 11) is 0. The van der Waals surface area contributed by atoms with E-state index in [2.05, 4.69) is 20.9 Å². The van der Waals surface area contributed by atoms with Gasteiger partial charge in [-0.1, -0.05) is 12.1 Å². The Kier molecular flexibility index (Phi) is 3.13. The summed E-state index contributed by atoms with van der Waals surface area (Å²) < 4.78 is 8.68. The summed E-state index contributed by atoms with van der Waals surface area (Å²) in [6, 6.07) is 11.4. The number of benzene rings is 1. The van der Waals surface area contributed by atoms with E-state index < -0.39 is 0 Å². The molecule has 0 aliphatic heterocycles. The van der Waals surface area contributed by atoms with Crippen molar-refractivity contribution >= 4 is 27.3 Å². The van der Waals surface area contributed by atoms with Crippen LogP contribution in [0.15, 0.2) is 53.3 Å². The molecule has 0 aliphatic carbocycles. The van der Waals surface area contributed by atoms with E-state index in [0.29, 0.717) is 12.3 Å². The maximum Gasteiger partial charge on any atom is 0.139 e. The molecule has 0 unspecified atom stereocenters. The molecule has 0 aliphatic rings. The average Bonchev–Trinajstić information content (AvgIpc) is 2.80. The van der Waals surface area contributed by atoms with Crippen molar-refractivity contribution in [3.05, 3.63) is 59.0 Å². The molecule has 0 fully saturated rings. The molecule has 1 aromatic carbocycles. The zero-order chi connectivity index (χ0) is 13.2. The molecule has 0 atom stereocenters. The smallest absolute Gasteiger partial charge is 0.139 e. The first-order valence-electron chi connectivity index (χ1n) is 5.83. The van der Waals surface area contributed by atoms with Crippen molar-refractivity contribution in [2.75, 3.05) is 5.73 Å². The van der Waals surface area contributed by atoms with Gasteiger partial charge in [-0.2, -0.15) is 0 Å². The Morgan fingerprint density at radius 2 is 2.11 bits per heavy atom. The highest BCUT2D eigenvalue weighted by Gasteiger charge is 2.05. The Morgan fingerprint density at radius 3 is 2.95 bits per heavy atom. The number of fused-ring (bicyclic) bond motifs is 1. The van der Waals surface area contributed by atoms with Gasteiger partial charge in [0.25, 0.3) is 0 Å². The molecular weight excluding hydrogens is 306 g/mol. The number of nitrogens with two attached hydrogens (primary N) is 1. The van der Waals surface area contributed by atoms with Crippen LogP contribution >= 0.6 is 15.9 Å². The third-order valence-electron chi connectivity index (χ3n) is 2.83. The van der Waals surface area contributed by atoms with Crippen LogP contribution < -0.4 is 10.5 Å². The minimum absolute atomic E-state index is 0.452. The molecule has 2 aromatic heterocycles. The first kappa shape index (κ1) is 12.0. The van der Waals surface area contributed by atoms with E-state index in [-0.39, 0.29) is 0 Å². The van der Waals surface area contributed by atoms with Crippen molar-refractivity contribution in [2.45, 2.75) is 6.61 Å². The van der Waals surface area contributed by atoms with Crippen LogP contribution in [0.3, 0.4) is 0 Å². The minimum atomic E-state index is 0.452. The Bertz CT molecular complexity index is 724. The third-order valence-corrected chi connectivity index (χ3v) is 3.48. The predicted molar refractivity (Wildman–Crippen MR) is 78.1 cm³/mol. The minimum Gasteiger partial charge on any atom is -0.486 e. The zero-order valence-electron chi connectivity index (χ0n) is 10.1. The van der Waals surface area contributed by atoms with Crippen LogP contribution in [0.4, 0.5) is 5.69 Å². The van der Waals surface area contributed by atoms with Crippen molar-refractivity contribution in [1.82, 2.24) is 9.38 Å². The highest BCUT2D eigenvalue weighted by molar-refractivity contribution is 9.10. The summed E-state index contributed by atoms with van der Waals surface area (Å²) in [5.74, 6) is 0.813. The average molecular weight is 318 g/mol. The van der Waals surface area contributed by atoms with E-state index >= 15 is 0 Å². The lowest BCUT2D eigenvalue weighted by Crippen LogP contribution is -2.00. The summed E-state index contributed by atoms with van der Waals surface area (Å²) in [5.41, 5.74) is 8.23. The Hall–Kier alpha value is -2.01. The predicted octanol–water partition coefficient (Wildman–Crippen LogP) is 3.26. The maximum absolute atomic E-state index is 5.78. The SMILES string of the molecule is Nc1ccn2c(COc3ccccc3Br)cnc2c1. The first-order valence-corrected chi connectivity index (χ1v) is 6.62. The Balaban J connectivity index is 1.84. The fourth-order valence-electron chi connectivity index (χ4n) is 1.87. The lowest BCUT2D eigenvalue weighted by molar-refractivity contribution is 0.298. The van der Waals surface area contributed by atoms with Crippen LogP contribution in [-0.2, 0) is 6.61 Å². The van der Waals surface area contributed by atoms with E-state index in [4.69, 9.17) is 10.5 Å². The molecule has 0 spiro atoms. The van der Waals surface area contributed by atoms with Crippen molar-refractivity contribution < 1.29 is 4.74 Å². The molecule has 2 N–H and O–H groups in total. The fourth-order valence-corrected chi connectivity index (χ4v) is 2.27. The monoisotopic (exact) mass is 317 g/mol. The van der Waals surface area contributed by atoms with Crippen LogP contribution in [0.1, 0.15) is 5.69 Å². The van der Waals surface area contributed by atoms with Gasteiger partial charge in [0, 0.05) is 18.0 Å². The van der Waals surface area contributed by atoms with E-state index in [1.165, 1.54) is 0 Å². The molecular formula is C14H12BrN3O. The Morgan fingerprint density at radius 1 is 1.26 bits per heavy atom. The van der Waals surface area contributed by atoms with Gasteiger partial charge in [-0.25, -0.2) is 4.98 Å². The fraction of sp³-hybridized carbons (Fsp3) is 0.0714. The van der Waals surface area contributed by atoms with E-state index in [9.17, 15) is 0 Å². The first-order chi connectivity index (χ1) is 9.24. The quantitative estimate of drug-likeness (QED) is 0.806. The molecule has 4 nitrogen and oxygen atoms in total. The topological polar surface area (TPSA) is 52.5 Å². The lowest BCUT2D eigenvalue weighted by Gasteiger charge is -2.07. The number of hydrogen-bond donors (Lipinski definition) is 1. The van der Waals surface area contributed by atoms with Crippen LogP contribution in [0.5, 0.6) is 5.75 Å². The molecule has 3 aromatic rings. The van der Waals surface area contributed by atoms with Gasteiger partial charge in [-0.15, -0.1) is 0 Å². The summed E-state index contributed by atoms with van der Waals surface area (Å²) in [6.45, 7) is 0.452. The molecule has 0 saturated carbocycles. The van der Waals surface area contributed by atoms with Gasteiger partial charge >= 0.3 is 0 Å². The number of pyridine rings is 1. The van der Waals surface area contributed by atoms with Gasteiger partial charge in [0.05, 0.1) is 16.4 Å². The number of rotatable bonds is 3. The van der Waals surface area contributed by atoms with Gasteiger partial charge in [0.1, 0.15) is 18.0 Å². The number of nitrogens with zero attached hydrogens (tertiary/aromatic N) is 2. The van der Waals surface area contributed by atoms with Gasteiger partial charge in [0.15, 0.2) is 0 Å². The molecule has 0 amide bonds. The highest BCUT2D eigenvalue weighted by atomic mass is 79.9. The number of aromatic nitrogens is 2. The van der Waals surface area contributed by atoms with Crippen molar-refractivity contribution in [3.63, 3.8) is 0 Å². The van der Waals surface area contributed by atoms with Crippen molar-refractivity contribution in [2.24, 2.45) is 0 Å². The van der Waals surface area contributed by atoms with Gasteiger partial charge in [0.2, 0.25) is 0 Å². The van der Waals surface area contributed by atoms with E-state index in [1.54, 1.807) is 6.20 Å². The van der Waals surface area contributed by atoms with Crippen LogP contribution in [0.2, 0.25) is 0 Å². The normalized spacial score (nSPS) is 10.8. The number of imidazole rings is 1. The Labute approximate surface area is 119 Å². The lowest BCUT2D eigenvalue weighted by atomic mass is 10.3. The number of halogens is 1. The van der Waals surface area contributed by atoms with E-state index in [1.807, 2.05) is 47.0 Å². The third kappa shape index (κ3) is 2.42. The van der Waals surface area contributed by atoms with Crippen LogP contribution in [-0.4, -0.2) is 9.38 Å². The molecule has 5 heteroatoms. The summed E-state index contributed by atoms with van der Waals surface area (Å²) in [6.07, 6.45) is 3.70. The highest BCUT2D eigenvalue weighted by Crippen LogP contribution is 2.24. The molecule has 2 heterocycles. The second kappa shape index (κ2) is 4.93. The summed E-state index contributed by atoms with van der Waals surface area (Å²) in [5, 5.41) is 0. The molecule has 0 bridgehead atoms. The second-order valence-corrected chi connectivity index (χ2v) is 5.01. The molecule has 0 saturated heterocycles. The number of ether oxygens (including phenoxy) is 1. The van der Waals surface area contributed by atoms with Gasteiger partial charge < -0.3 is 14.9 Å². The number of nitrogen functional groups attached to an aromatic ring is 1. The maximum atomic E-state index is 5.78. The molecule has 3 rings (SSSR count). The number of para-hydroxylation sites is 1. The zero-order valence-corrected chi connectivity index (χ0v) is 11.7. The summed E-state index contributed by atoms with van der Waals surface area (Å²) >= 11 is 3.46. The standard InChI is InChI=1S/C14H12BrN3O/c15-12-3-1-2-4-13(12)19-9-11-8-17-14-7-10(16)5-6-18(11)14/h1-8H,9,16H2. The van der Waals surface area contributed by atoms with Crippen LogP contribution in [0, 0.1) is 0 Å². The van der Waals surface area contributed by atoms with Crippen molar-refractivity contribution in [3.8, 4) is 5.75 Å². The van der Waals surface area contributed by atoms with Gasteiger partial charge in [-0.3, -0.25) is 0 Å². The molecule has 96 valence electrons. The van der Waals surface area contributed by atoms with E-state index in [0.717, 1.165) is 21.6 Å². The number of anilines is 1. The second-order valence-electron chi connectivity index (χ2n) is 4.16. The molecule has 0 radical (unpaired) electrons.